The van der Waals surface area contributed by atoms with Gasteiger partial charge in [-0.2, -0.15) is 5.26 Å². The smallest absolute Gasteiger partial charge is 0.327 e. The summed E-state index contributed by atoms with van der Waals surface area (Å²) < 4.78 is 10.8. The number of rotatable bonds is 5. The number of nitrogens with one attached hydrogen (secondary N) is 1. The molecule has 0 fully saturated rings. The number of nitrogens with zero attached hydrogens (tertiary/aromatic N) is 1. The zero-order valence-electron chi connectivity index (χ0n) is 13.4. The summed E-state index contributed by atoms with van der Waals surface area (Å²) in [5.41, 5.74) is 2.38. The van der Waals surface area contributed by atoms with Gasteiger partial charge in [-0.1, -0.05) is 30.3 Å². The summed E-state index contributed by atoms with van der Waals surface area (Å²) in [6, 6.07) is 16.3. The molecule has 1 heterocycles. The van der Waals surface area contributed by atoms with Gasteiger partial charge in [0.1, 0.15) is 17.9 Å². The van der Waals surface area contributed by atoms with Crippen molar-refractivity contribution in [3.8, 4) is 11.8 Å². The molecule has 1 N–H and O–H groups in total. The molecular weight excluding hydrogens is 304 g/mol. The molecule has 0 radical (unpaired) electrons. The molecule has 0 spiro atoms. The molecule has 5 nitrogen and oxygen atoms in total. The van der Waals surface area contributed by atoms with Crippen molar-refractivity contribution < 1.29 is 14.3 Å². The fourth-order valence-corrected chi connectivity index (χ4v) is 2.86. The van der Waals surface area contributed by atoms with Crippen molar-refractivity contribution in [3.05, 3.63) is 65.2 Å². The average Bonchev–Trinajstić information content (AvgIpc) is 3.04. The first kappa shape index (κ1) is 16.0. The fraction of sp³-hybridized carbons (Fsp3) is 0.263. The van der Waals surface area contributed by atoms with Crippen LogP contribution in [0.1, 0.15) is 22.7 Å². The summed E-state index contributed by atoms with van der Waals surface area (Å²) in [5, 5.41) is 12.2. The number of carbonyl (C=O) groups excluding carboxylic acids is 1. The van der Waals surface area contributed by atoms with Crippen molar-refractivity contribution in [1.29, 1.82) is 5.26 Å². The molecule has 0 saturated heterocycles. The van der Waals surface area contributed by atoms with E-state index in [0.717, 1.165) is 12.2 Å². The Morgan fingerprint density at radius 1 is 1.38 bits per heavy atom. The number of methoxy groups -OCH3 is 1. The molecule has 122 valence electrons. The largest absolute Gasteiger partial charge is 0.488 e. The van der Waals surface area contributed by atoms with E-state index in [-0.39, 0.29) is 12.1 Å². The van der Waals surface area contributed by atoms with Gasteiger partial charge in [-0.15, -0.1) is 0 Å². The van der Waals surface area contributed by atoms with Crippen LogP contribution in [0.25, 0.3) is 0 Å². The van der Waals surface area contributed by atoms with Gasteiger partial charge in [0.2, 0.25) is 0 Å². The van der Waals surface area contributed by atoms with Crippen molar-refractivity contribution in [1.82, 2.24) is 5.32 Å². The van der Waals surface area contributed by atoms with Gasteiger partial charge in [-0.3, -0.25) is 5.32 Å². The Hall–Kier alpha value is -2.84. The Kier molecular flexibility index (Phi) is 4.78. The Balaban J connectivity index is 1.70. The molecule has 0 saturated carbocycles. The predicted molar refractivity (Wildman–Crippen MR) is 88.5 cm³/mol. The van der Waals surface area contributed by atoms with E-state index in [1.165, 1.54) is 12.7 Å². The van der Waals surface area contributed by atoms with Crippen molar-refractivity contribution in [2.75, 3.05) is 13.7 Å². The highest BCUT2D eigenvalue weighted by Crippen LogP contribution is 2.28. The Morgan fingerprint density at radius 2 is 2.21 bits per heavy atom. The minimum atomic E-state index is -0.629. The third-order valence-electron chi connectivity index (χ3n) is 4.05. The standard InChI is InChI=1S/C19H18N2O3/c1-23-19(22)18(15-7-4-5-13(9-15)11-20)21-12-16-10-14-6-2-3-8-17(14)24-16/h2-9,16,18,21H,10,12H2,1H3/t16-,18+/m0/s1. The van der Waals surface area contributed by atoms with Crippen LogP contribution in [0, 0.1) is 11.3 Å². The highest BCUT2D eigenvalue weighted by molar-refractivity contribution is 5.77. The molecule has 0 unspecified atom stereocenters. The van der Waals surface area contributed by atoms with Gasteiger partial charge < -0.3 is 9.47 Å². The lowest BCUT2D eigenvalue weighted by Gasteiger charge is -2.19. The third-order valence-corrected chi connectivity index (χ3v) is 4.05. The summed E-state index contributed by atoms with van der Waals surface area (Å²) >= 11 is 0. The van der Waals surface area contributed by atoms with Crippen molar-refractivity contribution in [3.63, 3.8) is 0 Å². The van der Waals surface area contributed by atoms with Crippen LogP contribution in [0.3, 0.4) is 0 Å². The van der Waals surface area contributed by atoms with Gasteiger partial charge in [-0.25, -0.2) is 4.79 Å². The van der Waals surface area contributed by atoms with Gasteiger partial charge in [-0.05, 0) is 29.3 Å². The number of hydrogen-bond acceptors (Lipinski definition) is 5. The normalized spacial score (nSPS) is 16.6. The Bertz CT molecular complexity index is 757. The van der Waals surface area contributed by atoms with E-state index < -0.39 is 6.04 Å². The first-order chi connectivity index (χ1) is 11.7. The van der Waals surface area contributed by atoms with Crippen molar-refractivity contribution in [2.45, 2.75) is 18.6 Å². The lowest BCUT2D eigenvalue weighted by molar-refractivity contribution is -0.143. The molecule has 2 atom stereocenters. The molecule has 2 aromatic rings. The minimum Gasteiger partial charge on any atom is -0.488 e. The maximum Gasteiger partial charge on any atom is 0.327 e. The van der Waals surface area contributed by atoms with Gasteiger partial charge in [0.25, 0.3) is 0 Å². The minimum absolute atomic E-state index is 0.0336. The molecule has 1 aliphatic rings. The molecule has 1 aliphatic heterocycles. The number of carbonyl (C=O) groups is 1. The monoisotopic (exact) mass is 322 g/mol. The number of hydrogen-bond donors (Lipinski definition) is 1. The maximum absolute atomic E-state index is 12.1. The molecule has 0 bridgehead atoms. The second-order valence-electron chi connectivity index (χ2n) is 5.65. The number of benzene rings is 2. The van der Waals surface area contributed by atoms with Crippen LogP contribution in [-0.2, 0) is 16.0 Å². The lowest BCUT2D eigenvalue weighted by atomic mass is 10.0. The van der Waals surface area contributed by atoms with Gasteiger partial charge in [0.15, 0.2) is 0 Å². The molecule has 24 heavy (non-hydrogen) atoms. The van der Waals surface area contributed by atoms with Crippen LogP contribution in [0.2, 0.25) is 0 Å². The van der Waals surface area contributed by atoms with Crippen molar-refractivity contribution in [2.24, 2.45) is 0 Å². The summed E-state index contributed by atoms with van der Waals surface area (Å²) in [4.78, 5) is 12.1. The number of nitriles is 1. The third kappa shape index (κ3) is 3.39. The van der Waals surface area contributed by atoms with Crippen LogP contribution >= 0.6 is 0 Å². The molecule has 2 aromatic carbocycles. The van der Waals surface area contributed by atoms with E-state index in [4.69, 9.17) is 14.7 Å². The zero-order chi connectivity index (χ0) is 16.9. The van der Waals surface area contributed by atoms with E-state index in [1.54, 1.807) is 24.3 Å². The number of esters is 1. The van der Waals surface area contributed by atoms with Gasteiger partial charge >= 0.3 is 5.97 Å². The molecule has 0 amide bonds. The van der Waals surface area contributed by atoms with Crippen LogP contribution in [0.5, 0.6) is 5.75 Å². The van der Waals surface area contributed by atoms with Gasteiger partial charge in [0, 0.05) is 13.0 Å². The zero-order valence-corrected chi connectivity index (χ0v) is 13.4. The van der Waals surface area contributed by atoms with E-state index in [0.29, 0.717) is 17.7 Å². The van der Waals surface area contributed by atoms with E-state index in [2.05, 4.69) is 11.4 Å². The Morgan fingerprint density at radius 3 is 2.96 bits per heavy atom. The highest BCUT2D eigenvalue weighted by Gasteiger charge is 2.26. The summed E-state index contributed by atoms with van der Waals surface area (Å²) in [6.07, 6.45) is 0.767. The quantitative estimate of drug-likeness (QED) is 0.856. The highest BCUT2D eigenvalue weighted by atomic mass is 16.5. The number of ether oxygens (including phenoxy) is 2. The summed E-state index contributed by atoms with van der Waals surface area (Å²) in [7, 11) is 1.35. The van der Waals surface area contributed by atoms with E-state index in [1.807, 2.05) is 24.3 Å². The maximum atomic E-state index is 12.1. The van der Waals surface area contributed by atoms with Gasteiger partial charge in [0.05, 0.1) is 18.7 Å². The molecule has 0 aliphatic carbocycles. The molecule has 3 rings (SSSR count). The molecule has 0 aromatic heterocycles. The fourth-order valence-electron chi connectivity index (χ4n) is 2.86. The van der Waals surface area contributed by atoms with E-state index in [9.17, 15) is 4.79 Å². The Labute approximate surface area is 140 Å². The first-order valence-electron chi connectivity index (χ1n) is 7.77. The topological polar surface area (TPSA) is 71.3 Å². The summed E-state index contributed by atoms with van der Waals surface area (Å²) in [5.74, 6) is 0.506. The first-order valence-corrected chi connectivity index (χ1v) is 7.77. The van der Waals surface area contributed by atoms with Crippen LogP contribution < -0.4 is 10.1 Å². The molecular formula is C19H18N2O3. The second-order valence-corrected chi connectivity index (χ2v) is 5.65. The SMILES string of the molecule is COC(=O)[C@H](NC[C@@H]1Cc2ccccc2O1)c1cccc(C#N)c1. The van der Waals surface area contributed by atoms with Crippen LogP contribution in [0.4, 0.5) is 0 Å². The number of para-hydroxylation sites is 1. The van der Waals surface area contributed by atoms with Crippen LogP contribution in [-0.4, -0.2) is 25.7 Å². The average molecular weight is 322 g/mol. The van der Waals surface area contributed by atoms with E-state index >= 15 is 0 Å². The second kappa shape index (κ2) is 7.16. The van der Waals surface area contributed by atoms with Crippen LogP contribution in [0.15, 0.2) is 48.5 Å². The lowest BCUT2D eigenvalue weighted by Crippen LogP contribution is -2.37. The predicted octanol–water partition coefficient (Wildman–Crippen LogP) is 2.37. The van der Waals surface area contributed by atoms with Crippen molar-refractivity contribution >= 4 is 5.97 Å². The number of fused-ring (bicyclic) bond motifs is 1. The summed E-state index contributed by atoms with van der Waals surface area (Å²) in [6.45, 7) is 0.505. The molecule has 5 heteroatoms.